The number of nitrogens with one attached hydrogen (secondary N) is 2. The average molecular weight is 529 g/mol. The van der Waals surface area contributed by atoms with Crippen molar-refractivity contribution in [3.05, 3.63) is 144 Å². The van der Waals surface area contributed by atoms with Gasteiger partial charge in [0.05, 0.1) is 25.3 Å². The van der Waals surface area contributed by atoms with Crippen molar-refractivity contribution >= 4 is 20.1 Å². The predicted octanol–water partition coefficient (Wildman–Crippen LogP) is 5.75. The average Bonchev–Trinajstić information content (AvgIpc) is 2.99. The smallest absolute Gasteiger partial charge is 0.319 e. The van der Waals surface area contributed by atoms with Crippen molar-refractivity contribution in [2.75, 3.05) is 13.2 Å². The molecule has 0 fully saturated rings. The van der Waals surface area contributed by atoms with E-state index in [2.05, 4.69) is 10.6 Å². The summed E-state index contributed by atoms with van der Waals surface area (Å²) in [5, 5.41) is 5.88. The van der Waals surface area contributed by atoms with Crippen LogP contribution in [-0.2, 0) is 13.6 Å². The minimum atomic E-state index is -2.94. The van der Waals surface area contributed by atoms with Gasteiger partial charge in [0, 0.05) is 11.1 Å². The molecule has 8 heteroatoms. The van der Waals surface area contributed by atoms with Crippen LogP contribution in [0.2, 0.25) is 0 Å². The van der Waals surface area contributed by atoms with Crippen LogP contribution in [0, 0.1) is 0 Å². The molecular formula is C30H29N2O5P. The Balaban J connectivity index is 1.38. The molecule has 0 aliphatic heterocycles. The predicted molar refractivity (Wildman–Crippen MR) is 147 cm³/mol. The van der Waals surface area contributed by atoms with E-state index in [1.165, 1.54) is 0 Å². The standard InChI is InChI=1S/C30H29N2O5P/c33-29(25-17-9-3-10-18-25)31-27(23-13-5-1-6-14-23)21-36-38(35)37-22-28(24-15-7-2-8-16-24)32-30(34)26-19-11-4-12-20-26/h1-20,27-28,38H,21-22H2,(H,31,33)(H,32,34). The summed E-state index contributed by atoms with van der Waals surface area (Å²) < 4.78 is 23.9. The lowest BCUT2D eigenvalue weighted by molar-refractivity contribution is 0.0912. The molecule has 4 aromatic rings. The van der Waals surface area contributed by atoms with E-state index in [-0.39, 0.29) is 25.0 Å². The van der Waals surface area contributed by atoms with Gasteiger partial charge in [0.1, 0.15) is 0 Å². The van der Waals surface area contributed by atoms with Crippen LogP contribution in [-0.4, -0.2) is 25.0 Å². The van der Waals surface area contributed by atoms with Gasteiger partial charge in [-0.1, -0.05) is 97.1 Å². The van der Waals surface area contributed by atoms with E-state index in [1.807, 2.05) is 72.8 Å². The number of amides is 2. The molecule has 2 atom stereocenters. The molecule has 2 unspecified atom stereocenters. The number of carbonyl (C=O) groups is 2. The number of hydrogen-bond acceptors (Lipinski definition) is 5. The molecule has 2 amide bonds. The lowest BCUT2D eigenvalue weighted by Gasteiger charge is -2.21. The van der Waals surface area contributed by atoms with Gasteiger partial charge in [0.15, 0.2) is 0 Å². The lowest BCUT2D eigenvalue weighted by Crippen LogP contribution is -2.31. The van der Waals surface area contributed by atoms with Gasteiger partial charge in [-0.15, -0.1) is 0 Å². The normalized spacial score (nSPS) is 13.2. The Morgan fingerprint density at radius 2 is 0.868 bits per heavy atom. The molecule has 2 N–H and O–H groups in total. The van der Waals surface area contributed by atoms with E-state index in [9.17, 15) is 14.2 Å². The second kappa shape index (κ2) is 14.1. The minimum Gasteiger partial charge on any atom is -0.343 e. The van der Waals surface area contributed by atoms with Crippen LogP contribution in [0.1, 0.15) is 43.9 Å². The summed E-state index contributed by atoms with van der Waals surface area (Å²) in [6, 6.07) is 35.3. The summed E-state index contributed by atoms with van der Waals surface area (Å²) in [6.07, 6.45) is 0. The maximum Gasteiger partial charge on any atom is 0.319 e. The van der Waals surface area contributed by atoms with Gasteiger partial charge in [-0.3, -0.25) is 14.2 Å². The van der Waals surface area contributed by atoms with Gasteiger partial charge in [-0.05, 0) is 35.4 Å². The molecule has 4 aromatic carbocycles. The van der Waals surface area contributed by atoms with Gasteiger partial charge in [-0.2, -0.15) is 0 Å². The Hall–Kier alpha value is -4.03. The first kappa shape index (κ1) is 27.0. The highest BCUT2D eigenvalue weighted by Crippen LogP contribution is 2.29. The SMILES string of the molecule is O=C(NC(CO[PH](=O)OCC(NC(=O)c1ccccc1)c1ccccc1)c1ccccc1)c1ccccc1. The molecule has 0 saturated heterocycles. The third-order valence-corrected chi connectivity index (χ3v) is 6.63. The molecule has 0 radical (unpaired) electrons. The number of hydrogen-bond donors (Lipinski definition) is 2. The third kappa shape index (κ3) is 7.98. The van der Waals surface area contributed by atoms with Crippen LogP contribution in [0.15, 0.2) is 121 Å². The van der Waals surface area contributed by atoms with Crippen LogP contribution < -0.4 is 10.6 Å². The number of carbonyl (C=O) groups excluding carboxylic acids is 2. The summed E-state index contributed by atoms with van der Waals surface area (Å²) in [6.45, 7) is -0.0977. The van der Waals surface area contributed by atoms with Gasteiger partial charge < -0.3 is 19.7 Å². The fraction of sp³-hybridized carbons (Fsp3) is 0.133. The van der Waals surface area contributed by atoms with Gasteiger partial charge in [-0.25, -0.2) is 0 Å². The van der Waals surface area contributed by atoms with E-state index < -0.39 is 20.3 Å². The van der Waals surface area contributed by atoms with Crippen molar-refractivity contribution in [3.63, 3.8) is 0 Å². The molecule has 0 bridgehead atoms. The Morgan fingerprint density at radius 1 is 0.553 bits per heavy atom. The molecule has 7 nitrogen and oxygen atoms in total. The highest BCUT2D eigenvalue weighted by molar-refractivity contribution is 7.33. The van der Waals surface area contributed by atoms with Crippen LogP contribution in [0.25, 0.3) is 0 Å². The molecule has 0 aromatic heterocycles. The van der Waals surface area contributed by atoms with Crippen LogP contribution in [0.4, 0.5) is 0 Å². The second-order valence-electron chi connectivity index (χ2n) is 8.48. The van der Waals surface area contributed by atoms with Gasteiger partial charge >= 0.3 is 8.25 Å². The maximum absolute atomic E-state index is 12.8. The maximum atomic E-state index is 12.8. The Labute approximate surface area is 222 Å². The molecule has 0 aliphatic carbocycles. The van der Waals surface area contributed by atoms with Crippen molar-refractivity contribution in [2.45, 2.75) is 12.1 Å². The number of rotatable bonds is 12. The van der Waals surface area contributed by atoms with Crippen molar-refractivity contribution < 1.29 is 23.2 Å². The summed E-state index contributed by atoms with van der Waals surface area (Å²) in [5.41, 5.74) is 2.64. The molecule has 38 heavy (non-hydrogen) atoms. The van der Waals surface area contributed by atoms with Gasteiger partial charge in [0.2, 0.25) is 0 Å². The molecule has 0 aliphatic rings. The summed E-state index contributed by atoms with van der Waals surface area (Å²) in [5.74, 6) is -0.534. The first-order valence-corrected chi connectivity index (χ1v) is 13.4. The summed E-state index contributed by atoms with van der Waals surface area (Å²) >= 11 is 0. The highest BCUT2D eigenvalue weighted by atomic mass is 31.1. The molecule has 194 valence electrons. The molecule has 0 heterocycles. The first-order valence-electron chi connectivity index (χ1n) is 12.2. The molecule has 0 saturated carbocycles. The summed E-state index contributed by atoms with van der Waals surface area (Å²) in [7, 11) is -2.94. The fourth-order valence-corrected chi connectivity index (χ4v) is 4.51. The Morgan fingerprint density at radius 3 is 1.21 bits per heavy atom. The Bertz CT molecular complexity index is 1220. The second-order valence-corrected chi connectivity index (χ2v) is 9.55. The van der Waals surface area contributed by atoms with Crippen LogP contribution in [0.3, 0.4) is 0 Å². The zero-order chi connectivity index (χ0) is 26.6. The largest absolute Gasteiger partial charge is 0.343 e. The van der Waals surface area contributed by atoms with E-state index in [0.29, 0.717) is 11.1 Å². The van der Waals surface area contributed by atoms with Crippen LogP contribution in [0.5, 0.6) is 0 Å². The monoisotopic (exact) mass is 528 g/mol. The van der Waals surface area contributed by atoms with E-state index in [1.54, 1.807) is 48.5 Å². The zero-order valence-electron chi connectivity index (χ0n) is 20.7. The van der Waals surface area contributed by atoms with Crippen molar-refractivity contribution in [1.29, 1.82) is 0 Å². The summed E-state index contributed by atoms with van der Waals surface area (Å²) in [4.78, 5) is 25.5. The quantitative estimate of drug-likeness (QED) is 0.228. The van der Waals surface area contributed by atoms with E-state index in [4.69, 9.17) is 9.05 Å². The zero-order valence-corrected chi connectivity index (χ0v) is 21.7. The fourth-order valence-electron chi connectivity index (χ4n) is 3.82. The van der Waals surface area contributed by atoms with Crippen molar-refractivity contribution in [3.8, 4) is 0 Å². The highest BCUT2D eigenvalue weighted by Gasteiger charge is 2.20. The topological polar surface area (TPSA) is 93.7 Å². The molecule has 0 spiro atoms. The lowest BCUT2D eigenvalue weighted by atomic mass is 10.1. The van der Waals surface area contributed by atoms with E-state index >= 15 is 0 Å². The minimum absolute atomic E-state index is 0.0488. The van der Waals surface area contributed by atoms with Crippen molar-refractivity contribution in [1.82, 2.24) is 10.6 Å². The van der Waals surface area contributed by atoms with Crippen LogP contribution >= 0.6 is 8.25 Å². The van der Waals surface area contributed by atoms with Crippen molar-refractivity contribution in [2.24, 2.45) is 0 Å². The first-order chi connectivity index (χ1) is 18.6. The van der Waals surface area contributed by atoms with Gasteiger partial charge in [0.25, 0.3) is 11.8 Å². The number of benzene rings is 4. The third-order valence-electron chi connectivity index (χ3n) is 5.82. The Kier molecular flexibility index (Phi) is 9.99. The molecule has 4 rings (SSSR count). The van der Waals surface area contributed by atoms with E-state index in [0.717, 1.165) is 11.1 Å². The molecular weight excluding hydrogens is 499 g/mol.